The van der Waals surface area contributed by atoms with Gasteiger partial charge in [-0.05, 0) is 36.2 Å². The Balaban J connectivity index is 1.43. The molecular formula is C21H18N4OS. The highest BCUT2D eigenvalue weighted by molar-refractivity contribution is 7.10. The van der Waals surface area contributed by atoms with Crippen molar-refractivity contribution in [2.45, 2.75) is 19.3 Å². The third kappa shape index (κ3) is 2.92. The summed E-state index contributed by atoms with van der Waals surface area (Å²) in [6.07, 6.45) is 2.05. The number of thiazole rings is 1. The van der Waals surface area contributed by atoms with Gasteiger partial charge in [0.25, 0.3) is 0 Å². The van der Waals surface area contributed by atoms with Gasteiger partial charge in [0.1, 0.15) is 10.8 Å². The standard InChI is InChI=1S/C21H18N4OS/c1-25-18-5-3-2-4-16(18)22-19(25)11-21-24-17(12-27-21)14-6-8-15-13(10-14)7-9-20(26)23-15/h2-6,8,10,12H,7,9,11H2,1H3,(H,23,26). The SMILES string of the molecule is Cn1c(Cc2nc(-c3ccc4c(c3)CCC(=O)N4)cs2)nc2ccccc21. The molecule has 0 saturated heterocycles. The first-order chi connectivity index (χ1) is 13.2. The average molecular weight is 374 g/mol. The lowest BCUT2D eigenvalue weighted by molar-refractivity contribution is -0.116. The van der Waals surface area contributed by atoms with Crippen molar-refractivity contribution in [3.63, 3.8) is 0 Å². The number of benzene rings is 2. The van der Waals surface area contributed by atoms with Crippen LogP contribution in [0.25, 0.3) is 22.3 Å². The summed E-state index contributed by atoms with van der Waals surface area (Å²) < 4.78 is 2.14. The number of nitrogens with one attached hydrogen (secondary N) is 1. The molecule has 1 aliphatic heterocycles. The third-order valence-electron chi connectivity index (χ3n) is 5.04. The summed E-state index contributed by atoms with van der Waals surface area (Å²) in [6, 6.07) is 14.3. The van der Waals surface area contributed by atoms with Crippen molar-refractivity contribution >= 4 is 34.0 Å². The number of carbonyl (C=O) groups is 1. The van der Waals surface area contributed by atoms with Gasteiger partial charge in [0, 0.05) is 30.1 Å². The summed E-state index contributed by atoms with van der Waals surface area (Å²) >= 11 is 1.66. The number of carbonyl (C=O) groups excluding carboxylic acids is 1. The van der Waals surface area contributed by atoms with E-state index in [4.69, 9.17) is 9.97 Å². The zero-order chi connectivity index (χ0) is 18.4. The predicted molar refractivity (Wildman–Crippen MR) is 108 cm³/mol. The van der Waals surface area contributed by atoms with Crippen molar-refractivity contribution < 1.29 is 4.79 Å². The maximum atomic E-state index is 11.5. The fraction of sp³-hybridized carbons (Fsp3) is 0.190. The molecule has 1 aliphatic rings. The number of imidazole rings is 1. The maximum Gasteiger partial charge on any atom is 0.224 e. The molecule has 0 fully saturated rings. The molecule has 6 heteroatoms. The zero-order valence-electron chi connectivity index (χ0n) is 14.9. The van der Waals surface area contributed by atoms with Crippen LogP contribution in [0.15, 0.2) is 47.8 Å². The van der Waals surface area contributed by atoms with Gasteiger partial charge in [-0.25, -0.2) is 9.97 Å². The Hall–Kier alpha value is -2.99. The summed E-state index contributed by atoms with van der Waals surface area (Å²) in [5.74, 6) is 1.11. The Bertz CT molecular complexity index is 1170. The molecule has 3 heterocycles. The molecule has 2 aromatic carbocycles. The van der Waals surface area contributed by atoms with Crippen molar-refractivity contribution in [2.24, 2.45) is 7.05 Å². The quantitative estimate of drug-likeness (QED) is 0.585. The van der Waals surface area contributed by atoms with Crippen LogP contribution >= 0.6 is 11.3 Å². The molecular weight excluding hydrogens is 356 g/mol. The number of rotatable bonds is 3. The molecule has 4 aromatic rings. The van der Waals surface area contributed by atoms with E-state index in [1.807, 2.05) is 30.3 Å². The molecule has 0 bridgehead atoms. The summed E-state index contributed by atoms with van der Waals surface area (Å²) in [5, 5.41) is 6.08. The van der Waals surface area contributed by atoms with Gasteiger partial charge in [-0.2, -0.15) is 0 Å². The Morgan fingerprint density at radius 3 is 2.93 bits per heavy atom. The fourth-order valence-electron chi connectivity index (χ4n) is 3.56. The van der Waals surface area contributed by atoms with Crippen molar-refractivity contribution in [3.05, 3.63) is 64.2 Å². The summed E-state index contributed by atoms with van der Waals surface area (Å²) in [6.45, 7) is 0. The van der Waals surface area contributed by atoms with Gasteiger partial charge >= 0.3 is 0 Å². The van der Waals surface area contributed by atoms with E-state index in [9.17, 15) is 4.79 Å². The van der Waals surface area contributed by atoms with E-state index in [2.05, 4.69) is 34.4 Å². The number of para-hydroxylation sites is 2. The molecule has 0 radical (unpaired) electrons. The molecule has 2 aromatic heterocycles. The van der Waals surface area contributed by atoms with Crippen molar-refractivity contribution in [1.82, 2.24) is 14.5 Å². The topological polar surface area (TPSA) is 59.8 Å². The maximum absolute atomic E-state index is 11.5. The van der Waals surface area contributed by atoms with Crippen LogP contribution in [0.3, 0.4) is 0 Å². The molecule has 134 valence electrons. The molecule has 1 amide bonds. The van der Waals surface area contributed by atoms with Crippen molar-refractivity contribution in [1.29, 1.82) is 0 Å². The Kier molecular flexibility index (Phi) is 3.79. The Labute approximate surface area is 160 Å². The highest BCUT2D eigenvalue weighted by Crippen LogP contribution is 2.30. The summed E-state index contributed by atoms with van der Waals surface area (Å²) in [7, 11) is 2.05. The number of anilines is 1. The fourth-order valence-corrected chi connectivity index (χ4v) is 4.36. The van der Waals surface area contributed by atoms with E-state index < -0.39 is 0 Å². The number of fused-ring (bicyclic) bond motifs is 2. The van der Waals surface area contributed by atoms with Crippen molar-refractivity contribution in [3.8, 4) is 11.3 Å². The predicted octanol–water partition coefficient (Wildman–Crippen LogP) is 4.17. The van der Waals surface area contributed by atoms with Gasteiger partial charge in [0.05, 0.1) is 23.1 Å². The van der Waals surface area contributed by atoms with Crippen LogP contribution in [-0.4, -0.2) is 20.4 Å². The molecule has 5 rings (SSSR count). The van der Waals surface area contributed by atoms with Crippen LogP contribution < -0.4 is 5.32 Å². The van der Waals surface area contributed by atoms with E-state index in [0.717, 1.165) is 51.7 Å². The second-order valence-corrected chi connectivity index (χ2v) is 7.74. The summed E-state index contributed by atoms with van der Waals surface area (Å²) in [5.41, 5.74) is 6.33. The molecule has 0 spiro atoms. The Morgan fingerprint density at radius 2 is 2.04 bits per heavy atom. The lowest BCUT2D eigenvalue weighted by Crippen LogP contribution is -2.18. The zero-order valence-corrected chi connectivity index (χ0v) is 15.7. The second-order valence-electron chi connectivity index (χ2n) is 6.80. The minimum absolute atomic E-state index is 0.0913. The van der Waals surface area contributed by atoms with Gasteiger partial charge < -0.3 is 9.88 Å². The third-order valence-corrected chi connectivity index (χ3v) is 5.89. The van der Waals surface area contributed by atoms with E-state index in [1.165, 1.54) is 5.56 Å². The molecule has 0 unspecified atom stereocenters. The monoisotopic (exact) mass is 374 g/mol. The van der Waals surface area contributed by atoms with Crippen LogP contribution in [0, 0.1) is 0 Å². The van der Waals surface area contributed by atoms with Gasteiger partial charge in [0.15, 0.2) is 0 Å². The number of hydrogen-bond donors (Lipinski definition) is 1. The minimum Gasteiger partial charge on any atom is -0.331 e. The van der Waals surface area contributed by atoms with Gasteiger partial charge in [-0.15, -0.1) is 11.3 Å². The van der Waals surface area contributed by atoms with E-state index in [0.29, 0.717) is 6.42 Å². The largest absolute Gasteiger partial charge is 0.331 e. The number of aromatic nitrogens is 3. The molecule has 0 atom stereocenters. The van der Waals surface area contributed by atoms with Gasteiger partial charge in [-0.1, -0.05) is 18.2 Å². The number of amides is 1. The molecule has 0 aliphatic carbocycles. The second kappa shape index (κ2) is 6.32. The van der Waals surface area contributed by atoms with E-state index in [1.54, 1.807) is 11.3 Å². The lowest BCUT2D eigenvalue weighted by atomic mass is 9.99. The smallest absolute Gasteiger partial charge is 0.224 e. The van der Waals surface area contributed by atoms with Gasteiger partial charge in [-0.3, -0.25) is 4.79 Å². The molecule has 1 N–H and O–H groups in total. The highest BCUT2D eigenvalue weighted by Gasteiger charge is 2.16. The number of hydrogen-bond acceptors (Lipinski definition) is 4. The highest BCUT2D eigenvalue weighted by atomic mass is 32.1. The average Bonchev–Trinajstić information content (AvgIpc) is 3.27. The molecule has 5 nitrogen and oxygen atoms in total. The van der Waals surface area contributed by atoms with Crippen molar-refractivity contribution in [2.75, 3.05) is 5.32 Å². The Morgan fingerprint density at radius 1 is 1.15 bits per heavy atom. The number of aryl methyl sites for hydroxylation is 2. The van der Waals surface area contributed by atoms with Crippen LogP contribution in [0.5, 0.6) is 0 Å². The first-order valence-electron chi connectivity index (χ1n) is 8.95. The first-order valence-corrected chi connectivity index (χ1v) is 9.83. The van der Waals surface area contributed by atoms with E-state index >= 15 is 0 Å². The van der Waals surface area contributed by atoms with Crippen LogP contribution in [0.4, 0.5) is 5.69 Å². The minimum atomic E-state index is 0.0913. The first kappa shape index (κ1) is 16.2. The molecule has 0 saturated carbocycles. The van der Waals surface area contributed by atoms with E-state index in [-0.39, 0.29) is 5.91 Å². The van der Waals surface area contributed by atoms with Crippen LogP contribution in [0.2, 0.25) is 0 Å². The normalized spacial score (nSPS) is 13.6. The summed E-state index contributed by atoms with van der Waals surface area (Å²) in [4.78, 5) is 21.1. The number of nitrogens with zero attached hydrogens (tertiary/aromatic N) is 3. The van der Waals surface area contributed by atoms with Gasteiger partial charge in [0.2, 0.25) is 5.91 Å². The van der Waals surface area contributed by atoms with Crippen LogP contribution in [-0.2, 0) is 24.7 Å². The lowest BCUT2D eigenvalue weighted by Gasteiger charge is -2.17. The molecule has 27 heavy (non-hydrogen) atoms. The van der Waals surface area contributed by atoms with Crippen LogP contribution in [0.1, 0.15) is 22.8 Å².